The highest BCUT2D eigenvalue weighted by Gasteiger charge is 2.55. The van der Waals surface area contributed by atoms with E-state index in [1.807, 2.05) is 18.2 Å². The van der Waals surface area contributed by atoms with Crippen LogP contribution in [0.1, 0.15) is 77.0 Å². The first-order valence-corrected chi connectivity index (χ1v) is 14.6. The van der Waals surface area contributed by atoms with E-state index in [1.165, 1.54) is 38.5 Å². The van der Waals surface area contributed by atoms with Gasteiger partial charge in [0.25, 0.3) is 0 Å². The standard InChI is InChI=1S/C32H38N2O2/c35-29(31-13-19-5-20(14-31)7-21(6-19)15-31)33-26-11-25-3-1-2-4-27(25)28(12-26)34-30(36)32-16-22-8-23(17-32)10-24(9-22)18-32/h1-4,11-12,19-24H,5-10,13-18H2,(H,33,35)(H,34,36). The van der Waals surface area contributed by atoms with E-state index in [1.54, 1.807) is 0 Å². The molecule has 8 bridgehead atoms. The summed E-state index contributed by atoms with van der Waals surface area (Å²) < 4.78 is 0. The summed E-state index contributed by atoms with van der Waals surface area (Å²) in [6.07, 6.45) is 14.4. The highest BCUT2D eigenvalue weighted by Crippen LogP contribution is 2.61. The Bertz CT molecular complexity index is 1190. The van der Waals surface area contributed by atoms with Crippen LogP contribution < -0.4 is 10.6 Å². The van der Waals surface area contributed by atoms with Crippen LogP contribution in [0.2, 0.25) is 0 Å². The lowest BCUT2D eigenvalue weighted by molar-refractivity contribution is -0.140. The van der Waals surface area contributed by atoms with Crippen LogP contribution in [0.25, 0.3) is 10.8 Å². The van der Waals surface area contributed by atoms with E-state index in [4.69, 9.17) is 0 Å². The largest absolute Gasteiger partial charge is 0.326 e. The highest BCUT2D eigenvalue weighted by atomic mass is 16.2. The molecule has 0 unspecified atom stereocenters. The highest BCUT2D eigenvalue weighted by molar-refractivity contribution is 6.07. The molecule has 2 amide bonds. The van der Waals surface area contributed by atoms with Gasteiger partial charge in [-0.1, -0.05) is 24.3 Å². The molecule has 0 spiro atoms. The molecule has 8 fully saturated rings. The second kappa shape index (κ2) is 7.58. The van der Waals surface area contributed by atoms with E-state index in [0.717, 1.165) is 96.2 Å². The summed E-state index contributed by atoms with van der Waals surface area (Å²) in [5.74, 6) is 4.89. The van der Waals surface area contributed by atoms with Crippen molar-refractivity contribution in [3.63, 3.8) is 0 Å². The number of benzene rings is 2. The average molecular weight is 483 g/mol. The van der Waals surface area contributed by atoms with Crippen molar-refractivity contribution in [2.75, 3.05) is 10.6 Å². The summed E-state index contributed by atoms with van der Waals surface area (Å²) in [5, 5.41) is 8.88. The number of amides is 2. The third-order valence-electron chi connectivity index (χ3n) is 11.4. The number of hydrogen-bond donors (Lipinski definition) is 2. The molecule has 0 radical (unpaired) electrons. The van der Waals surface area contributed by atoms with E-state index < -0.39 is 0 Å². The van der Waals surface area contributed by atoms with E-state index >= 15 is 0 Å². The normalized spacial score (nSPS) is 41.6. The summed E-state index contributed by atoms with van der Waals surface area (Å²) in [4.78, 5) is 27.6. The molecule has 0 heterocycles. The Morgan fingerprint density at radius 3 is 1.56 bits per heavy atom. The predicted molar refractivity (Wildman–Crippen MR) is 142 cm³/mol. The molecule has 0 aliphatic heterocycles. The van der Waals surface area contributed by atoms with E-state index in [-0.39, 0.29) is 22.6 Å². The van der Waals surface area contributed by atoms with Crippen LogP contribution in [-0.2, 0) is 9.59 Å². The third kappa shape index (κ3) is 3.32. The SMILES string of the molecule is O=C(Nc1cc(NC(=O)C23CC4CC(CC(C4)C2)C3)c2ccccc2c1)C12CC3CC(CC(C3)C1)C2. The summed E-state index contributed by atoms with van der Waals surface area (Å²) in [5.41, 5.74) is 1.32. The molecule has 2 N–H and O–H groups in total. The van der Waals surface area contributed by atoms with Crippen LogP contribution >= 0.6 is 0 Å². The van der Waals surface area contributed by atoms with Crippen molar-refractivity contribution in [3.05, 3.63) is 36.4 Å². The van der Waals surface area contributed by atoms with Gasteiger partial charge in [-0.3, -0.25) is 9.59 Å². The second-order valence-electron chi connectivity index (χ2n) is 14.0. The Labute approximate surface area is 214 Å². The molecule has 36 heavy (non-hydrogen) atoms. The summed E-state index contributed by atoms with van der Waals surface area (Å²) in [6.45, 7) is 0. The van der Waals surface area contributed by atoms with Gasteiger partial charge in [-0.2, -0.15) is 0 Å². The van der Waals surface area contributed by atoms with Crippen LogP contribution in [-0.4, -0.2) is 11.8 Å². The quantitative estimate of drug-likeness (QED) is 0.486. The zero-order valence-electron chi connectivity index (χ0n) is 21.2. The van der Waals surface area contributed by atoms with E-state index in [0.29, 0.717) is 0 Å². The molecule has 4 nitrogen and oxygen atoms in total. The molecule has 8 aliphatic rings. The van der Waals surface area contributed by atoms with Crippen molar-refractivity contribution < 1.29 is 9.59 Å². The molecule has 0 aromatic heterocycles. The van der Waals surface area contributed by atoms with Gasteiger partial charge in [0.1, 0.15) is 0 Å². The fourth-order valence-corrected chi connectivity index (χ4v) is 10.8. The molecule has 2 aromatic carbocycles. The number of carbonyl (C=O) groups is 2. The Morgan fingerprint density at radius 2 is 1.06 bits per heavy atom. The maximum Gasteiger partial charge on any atom is 0.230 e. The maximum atomic E-state index is 13.9. The Kier molecular flexibility index (Phi) is 4.57. The first-order valence-electron chi connectivity index (χ1n) is 14.6. The number of rotatable bonds is 4. The predicted octanol–water partition coefficient (Wildman–Crippen LogP) is 7.15. The zero-order chi connectivity index (χ0) is 24.1. The molecule has 0 saturated heterocycles. The van der Waals surface area contributed by atoms with Crippen LogP contribution in [0.5, 0.6) is 0 Å². The molecule has 8 saturated carbocycles. The van der Waals surface area contributed by atoms with E-state index in [9.17, 15) is 9.59 Å². The van der Waals surface area contributed by atoms with Gasteiger partial charge in [0.2, 0.25) is 11.8 Å². The topological polar surface area (TPSA) is 58.2 Å². The lowest BCUT2D eigenvalue weighted by Gasteiger charge is -2.55. The molecular formula is C32H38N2O2. The van der Waals surface area contributed by atoms with Crippen molar-refractivity contribution in [3.8, 4) is 0 Å². The van der Waals surface area contributed by atoms with Crippen LogP contribution in [0, 0.1) is 46.3 Å². The average Bonchev–Trinajstić information content (AvgIpc) is 2.82. The van der Waals surface area contributed by atoms with Gasteiger partial charge in [-0.25, -0.2) is 0 Å². The Morgan fingerprint density at radius 1 is 0.611 bits per heavy atom. The van der Waals surface area contributed by atoms with Crippen LogP contribution in [0.15, 0.2) is 36.4 Å². The number of carbonyl (C=O) groups excluding carboxylic acids is 2. The first kappa shape index (κ1) is 21.7. The summed E-state index contributed by atoms with van der Waals surface area (Å²) >= 11 is 0. The summed E-state index contributed by atoms with van der Waals surface area (Å²) in [7, 11) is 0. The zero-order valence-corrected chi connectivity index (χ0v) is 21.2. The molecule has 2 aromatic rings. The number of fused-ring (bicyclic) bond motifs is 1. The molecule has 0 atom stereocenters. The lowest BCUT2D eigenvalue weighted by atomic mass is 9.49. The van der Waals surface area contributed by atoms with Crippen molar-refractivity contribution in [1.82, 2.24) is 0 Å². The van der Waals surface area contributed by atoms with Crippen molar-refractivity contribution in [2.45, 2.75) is 77.0 Å². The van der Waals surface area contributed by atoms with Gasteiger partial charge in [0.05, 0.1) is 16.5 Å². The van der Waals surface area contributed by atoms with Crippen molar-refractivity contribution >= 4 is 34.0 Å². The monoisotopic (exact) mass is 482 g/mol. The lowest BCUT2D eigenvalue weighted by Crippen LogP contribution is -2.52. The number of nitrogens with one attached hydrogen (secondary N) is 2. The van der Waals surface area contributed by atoms with Crippen LogP contribution in [0.4, 0.5) is 11.4 Å². The molecule has 8 aliphatic carbocycles. The summed E-state index contributed by atoms with van der Waals surface area (Å²) in [6, 6.07) is 12.4. The minimum absolute atomic E-state index is 0.178. The molecule has 4 heteroatoms. The maximum absolute atomic E-state index is 13.9. The first-order chi connectivity index (χ1) is 17.5. The van der Waals surface area contributed by atoms with Crippen molar-refractivity contribution in [2.24, 2.45) is 46.3 Å². The van der Waals surface area contributed by atoms with Gasteiger partial charge < -0.3 is 10.6 Å². The minimum atomic E-state index is -0.186. The third-order valence-corrected chi connectivity index (χ3v) is 11.4. The molecule has 188 valence electrons. The van der Waals surface area contributed by atoms with Gasteiger partial charge >= 0.3 is 0 Å². The number of anilines is 2. The second-order valence-corrected chi connectivity index (χ2v) is 14.0. The fourth-order valence-electron chi connectivity index (χ4n) is 10.8. The molecule has 10 rings (SSSR count). The Balaban J connectivity index is 1.09. The fraction of sp³-hybridized carbons (Fsp3) is 0.625. The Hall–Kier alpha value is -2.36. The minimum Gasteiger partial charge on any atom is -0.326 e. The van der Waals surface area contributed by atoms with Gasteiger partial charge in [0.15, 0.2) is 0 Å². The molecular weight excluding hydrogens is 444 g/mol. The van der Waals surface area contributed by atoms with Gasteiger partial charge in [-0.15, -0.1) is 0 Å². The van der Waals surface area contributed by atoms with Crippen molar-refractivity contribution in [1.29, 1.82) is 0 Å². The van der Waals surface area contributed by atoms with Gasteiger partial charge in [0, 0.05) is 11.1 Å². The number of hydrogen-bond acceptors (Lipinski definition) is 2. The van der Waals surface area contributed by atoms with E-state index in [2.05, 4.69) is 28.8 Å². The van der Waals surface area contributed by atoms with Gasteiger partial charge in [-0.05, 0) is 130 Å². The van der Waals surface area contributed by atoms with Crippen LogP contribution in [0.3, 0.4) is 0 Å². The smallest absolute Gasteiger partial charge is 0.230 e.